The van der Waals surface area contributed by atoms with Crippen LogP contribution in [-0.4, -0.2) is 35.2 Å². The van der Waals surface area contributed by atoms with Crippen molar-refractivity contribution in [1.29, 1.82) is 0 Å². The quantitative estimate of drug-likeness (QED) is 0.851. The molecule has 1 rings (SSSR count). The fraction of sp³-hybridized carbons (Fsp3) is 0.667. The number of halogens is 1. The van der Waals surface area contributed by atoms with E-state index < -0.39 is 9.84 Å². The molecule has 14 heavy (non-hydrogen) atoms. The summed E-state index contributed by atoms with van der Waals surface area (Å²) >= 11 is 6.63. The summed E-state index contributed by atoms with van der Waals surface area (Å²) in [6.45, 7) is 1.92. The molecule has 1 aromatic heterocycles. The monoisotopic (exact) mass is 255 g/mol. The first kappa shape index (κ1) is 11.7. The number of anilines is 1. The molecule has 0 aliphatic rings. The molecule has 1 aromatic rings. The highest BCUT2D eigenvalue weighted by Gasteiger charge is 2.08. The van der Waals surface area contributed by atoms with Crippen molar-refractivity contribution in [2.24, 2.45) is 0 Å². The van der Waals surface area contributed by atoms with Gasteiger partial charge in [-0.05, 0) is 0 Å². The molecule has 80 valence electrons. The summed E-state index contributed by atoms with van der Waals surface area (Å²) in [5, 5.41) is 3.09. The zero-order chi connectivity index (χ0) is 10.6. The van der Waals surface area contributed by atoms with Gasteiger partial charge in [-0.1, -0.05) is 18.5 Å². The maximum atomic E-state index is 11.1. The van der Waals surface area contributed by atoms with Crippen LogP contribution in [0, 0.1) is 0 Å². The van der Waals surface area contributed by atoms with Gasteiger partial charge in [0.05, 0.1) is 17.5 Å². The van der Waals surface area contributed by atoms with Gasteiger partial charge in [-0.3, -0.25) is 0 Å². The highest BCUT2D eigenvalue weighted by Crippen LogP contribution is 2.17. The first-order chi connectivity index (χ1) is 6.55. The Bertz CT molecular complexity index is 390. The van der Waals surface area contributed by atoms with E-state index in [1.54, 1.807) is 6.92 Å². The van der Waals surface area contributed by atoms with Gasteiger partial charge in [0.2, 0.25) is 0 Å². The van der Waals surface area contributed by atoms with E-state index in [0.29, 0.717) is 12.4 Å². The number of rotatable bonds is 5. The summed E-state index contributed by atoms with van der Waals surface area (Å²) in [6.07, 6.45) is 0. The molecule has 0 aromatic carbocycles. The third kappa shape index (κ3) is 3.39. The van der Waals surface area contributed by atoms with Gasteiger partial charge in [-0.15, -0.1) is 0 Å². The van der Waals surface area contributed by atoms with E-state index in [2.05, 4.69) is 14.1 Å². The van der Waals surface area contributed by atoms with E-state index in [1.165, 1.54) is 0 Å². The number of nitrogens with zero attached hydrogens (tertiary/aromatic N) is 2. The maximum absolute atomic E-state index is 11.1. The molecular weight excluding hydrogens is 246 g/mol. The van der Waals surface area contributed by atoms with Gasteiger partial charge in [0.25, 0.3) is 0 Å². The standard InChI is InChI=1S/C6H10ClN3O2S2/c1-2-14(11,12)4-3-8-6-5(7)9-13-10-6/h2-4H2,1H3,(H,8,10). The van der Waals surface area contributed by atoms with Crippen molar-refractivity contribution in [3.8, 4) is 0 Å². The lowest BCUT2D eigenvalue weighted by Crippen LogP contribution is -2.17. The highest BCUT2D eigenvalue weighted by atomic mass is 35.5. The minimum absolute atomic E-state index is 0.0807. The lowest BCUT2D eigenvalue weighted by molar-refractivity contribution is 0.597. The molecule has 0 saturated carbocycles. The fourth-order valence-electron chi connectivity index (χ4n) is 0.752. The van der Waals surface area contributed by atoms with E-state index in [4.69, 9.17) is 11.6 Å². The Morgan fingerprint density at radius 2 is 2.21 bits per heavy atom. The summed E-state index contributed by atoms with van der Waals surface area (Å²) in [5.41, 5.74) is 0. The van der Waals surface area contributed by atoms with Crippen LogP contribution in [0.3, 0.4) is 0 Å². The lowest BCUT2D eigenvalue weighted by atomic mass is 10.6. The molecule has 0 bridgehead atoms. The summed E-state index contributed by atoms with van der Waals surface area (Å²) < 4.78 is 29.8. The van der Waals surface area contributed by atoms with Gasteiger partial charge in [0.1, 0.15) is 0 Å². The van der Waals surface area contributed by atoms with Crippen LogP contribution < -0.4 is 5.32 Å². The summed E-state index contributed by atoms with van der Waals surface area (Å²) in [6, 6.07) is 0. The zero-order valence-electron chi connectivity index (χ0n) is 7.53. The van der Waals surface area contributed by atoms with Crippen molar-refractivity contribution in [2.75, 3.05) is 23.4 Å². The van der Waals surface area contributed by atoms with E-state index in [9.17, 15) is 8.42 Å². The molecule has 0 amide bonds. The smallest absolute Gasteiger partial charge is 0.186 e. The first-order valence-electron chi connectivity index (χ1n) is 3.97. The number of sulfone groups is 1. The van der Waals surface area contributed by atoms with Crippen LogP contribution in [0.15, 0.2) is 0 Å². The van der Waals surface area contributed by atoms with E-state index >= 15 is 0 Å². The molecule has 0 fully saturated rings. The summed E-state index contributed by atoms with van der Waals surface area (Å²) in [5.74, 6) is 0.678. The highest BCUT2D eigenvalue weighted by molar-refractivity contribution is 7.91. The van der Waals surface area contributed by atoms with Crippen LogP contribution in [0.25, 0.3) is 0 Å². The van der Waals surface area contributed by atoms with Gasteiger partial charge < -0.3 is 5.32 Å². The van der Waals surface area contributed by atoms with Gasteiger partial charge in [-0.25, -0.2) is 8.42 Å². The van der Waals surface area contributed by atoms with Crippen LogP contribution in [0.2, 0.25) is 5.15 Å². The Balaban J connectivity index is 2.40. The summed E-state index contributed by atoms with van der Waals surface area (Å²) in [7, 11) is -2.94. The Morgan fingerprint density at radius 1 is 1.50 bits per heavy atom. The normalized spacial score (nSPS) is 11.6. The first-order valence-corrected chi connectivity index (χ1v) is 6.90. The van der Waals surface area contributed by atoms with Crippen molar-refractivity contribution in [2.45, 2.75) is 6.92 Å². The second-order valence-corrected chi connectivity index (χ2v) is 5.93. The summed E-state index contributed by atoms with van der Waals surface area (Å²) in [4.78, 5) is 0. The largest absolute Gasteiger partial charge is 0.366 e. The topological polar surface area (TPSA) is 72.0 Å². The average molecular weight is 256 g/mol. The van der Waals surface area contributed by atoms with Crippen LogP contribution in [0.5, 0.6) is 0 Å². The molecule has 0 aliphatic carbocycles. The van der Waals surface area contributed by atoms with E-state index in [1.807, 2.05) is 0 Å². The molecular formula is C6H10ClN3O2S2. The molecule has 1 N–H and O–H groups in total. The van der Waals surface area contributed by atoms with Gasteiger partial charge in [0.15, 0.2) is 20.8 Å². The maximum Gasteiger partial charge on any atom is 0.186 e. The van der Waals surface area contributed by atoms with Crippen molar-refractivity contribution in [1.82, 2.24) is 8.75 Å². The van der Waals surface area contributed by atoms with Crippen molar-refractivity contribution >= 4 is 39.0 Å². The van der Waals surface area contributed by atoms with E-state index in [0.717, 1.165) is 11.7 Å². The number of hydrogen-bond acceptors (Lipinski definition) is 6. The predicted molar refractivity (Wildman–Crippen MR) is 57.7 cm³/mol. The Morgan fingerprint density at radius 3 is 2.71 bits per heavy atom. The molecule has 0 atom stereocenters. The number of nitrogens with one attached hydrogen (secondary N) is 1. The fourth-order valence-corrected chi connectivity index (χ4v) is 2.14. The van der Waals surface area contributed by atoms with Crippen LogP contribution in [-0.2, 0) is 9.84 Å². The molecule has 0 spiro atoms. The van der Waals surface area contributed by atoms with Crippen molar-refractivity contribution in [3.05, 3.63) is 5.15 Å². The number of aromatic nitrogens is 2. The second kappa shape index (κ2) is 4.90. The Hall–Kier alpha value is -0.400. The molecule has 0 unspecified atom stereocenters. The second-order valence-electron chi connectivity index (χ2n) is 2.57. The van der Waals surface area contributed by atoms with Crippen molar-refractivity contribution < 1.29 is 8.42 Å². The molecule has 8 heteroatoms. The third-order valence-corrected chi connectivity index (χ3v) is 4.19. The Kier molecular flexibility index (Phi) is 4.09. The van der Waals surface area contributed by atoms with Crippen LogP contribution >= 0.6 is 23.3 Å². The third-order valence-electron chi connectivity index (χ3n) is 1.59. The Labute approximate surface area is 91.7 Å². The molecule has 0 radical (unpaired) electrons. The zero-order valence-corrected chi connectivity index (χ0v) is 9.92. The number of hydrogen-bond donors (Lipinski definition) is 1. The average Bonchev–Trinajstić information content (AvgIpc) is 2.52. The van der Waals surface area contributed by atoms with Crippen LogP contribution in [0.4, 0.5) is 5.82 Å². The minimum atomic E-state index is -2.94. The molecule has 5 nitrogen and oxygen atoms in total. The predicted octanol–water partition coefficient (Wildman–Crippen LogP) is 1.04. The molecule has 0 aliphatic heterocycles. The van der Waals surface area contributed by atoms with Gasteiger partial charge in [0, 0.05) is 12.3 Å². The van der Waals surface area contributed by atoms with Crippen LogP contribution in [0.1, 0.15) is 6.92 Å². The van der Waals surface area contributed by atoms with Gasteiger partial charge in [-0.2, -0.15) is 8.75 Å². The SMILES string of the molecule is CCS(=O)(=O)CCNc1nsnc1Cl. The van der Waals surface area contributed by atoms with Gasteiger partial charge >= 0.3 is 0 Å². The van der Waals surface area contributed by atoms with E-state index in [-0.39, 0.29) is 16.7 Å². The lowest BCUT2D eigenvalue weighted by Gasteiger charge is -2.02. The molecule has 1 heterocycles. The van der Waals surface area contributed by atoms with Crippen molar-refractivity contribution in [3.63, 3.8) is 0 Å². The molecule has 0 saturated heterocycles. The minimum Gasteiger partial charge on any atom is -0.366 e.